The molecule has 0 rings (SSSR count). The standard InChI is InChI=1S/C39H78NO10P/c1-3-5-7-9-11-12-13-14-15-16-17-21-25-29-38(43)47-33-35(34-49-51(45,46)48-32-31-40)50-39(44)30-26-22-18-20-24-28-37(42)36(41)27-23-19-10-8-6-4-2/h35-37,41-42H,3-34,40H2,1-2H3,(H,45,46)/t35-,36?,37?/m1/s1. The predicted molar refractivity (Wildman–Crippen MR) is 204 cm³/mol. The summed E-state index contributed by atoms with van der Waals surface area (Å²) in [6, 6.07) is 0. The van der Waals surface area contributed by atoms with Gasteiger partial charge in [0.25, 0.3) is 0 Å². The summed E-state index contributed by atoms with van der Waals surface area (Å²) in [6.45, 7) is 3.53. The van der Waals surface area contributed by atoms with Crippen molar-refractivity contribution < 1.29 is 47.8 Å². The van der Waals surface area contributed by atoms with E-state index in [0.717, 1.165) is 51.4 Å². The van der Waals surface area contributed by atoms with Gasteiger partial charge in [-0.15, -0.1) is 0 Å². The van der Waals surface area contributed by atoms with E-state index in [4.69, 9.17) is 24.3 Å². The van der Waals surface area contributed by atoms with Crippen LogP contribution < -0.4 is 5.73 Å². The minimum absolute atomic E-state index is 0.0327. The average Bonchev–Trinajstić information content (AvgIpc) is 3.11. The van der Waals surface area contributed by atoms with Crippen LogP contribution in [0.1, 0.15) is 194 Å². The van der Waals surface area contributed by atoms with Crippen molar-refractivity contribution >= 4 is 19.8 Å². The van der Waals surface area contributed by atoms with E-state index in [1.165, 1.54) is 89.9 Å². The van der Waals surface area contributed by atoms with Gasteiger partial charge in [0, 0.05) is 19.4 Å². The van der Waals surface area contributed by atoms with E-state index < -0.39 is 44.7 Å². The Kier molecular flexibility index (Phi) is 35.2. The number of rotatable bonds is 39. The van der Waals surface area contributed by atoms with Crippen molar-refractivity contribution in [2.45, 2.75) is 212 Å². The number of unbranched alkanes of at least 4 members (excludes halogenated alkanes) is 21. The molecule has 0 aromatic rings. The largest absolute Gasteiger partial charge is 0.472 e. The van der Waals surface area contributed by atoms with Crippen LogP contribution in [0.4, 0.5) is 0 Å². The topological polar surface area (TPSA) is 175 Å². The number of carbonyl (C=O) groups is 2. The lowest BCUT2D eigenvalue weighted by molar-refractivity contribution is -0.161. The Bertz CT molecular complexity index is 849. The molecular weight excluding hydrogens is 673 g/mol. The fourth-order valence-electron chi connectivity index (χ4n) is 5.96. The molecule has 4 atom stereocenters. The maximum Gasteiger partial charge on any atom is 0.472 e. The van der Waals surface area contributed by atoms with Gasteiger partial charge in [-0.1, -0.05) is 155 Å². The Morgan fingerprint density at radius 3 is 1.39 bits per heavy atom. The zero-order valence-electron chi connectivity index (χ0n) is 32.6. The summed E-state index contributed by atoms with van der Waals surface area (Å²) < 4.78 is 32.6. The van der Waals surface area contributed by atoms with Crippen molar-refractivity contribution in [1.29, 1.82) is 0 Å². The van der Waals surface area contributed by atoms with Crippen LogP contribution in [0.3, 0.4) is 0 Å². The summed E-state index contributed by atoms with van der Waals surface area (Å²) in [4.78, 5) is 34.8. The first-order chi connectivity index (χ1) is 24.6. The summed E-state index contributed by atoms with van der Waals surface area (Å²) >= 11 is 0. The van der Waals surface area contributed by atoms with E-state index in [-0.39, 0.29) is 32.6 Å². The van der Waals surface area contributed by atoms with Crippen LogP contribution in [0.5, 0.6) is 0 Å². The van der Waals surface area contributed by atoms with Gasteiger partial charge in [-0.3, -0.25) is 18.6 Å². The number of carbonyl (C=O) groups excluding carboxylic acids is 2. The van der Waals surface area contributed by atoms with E-state index in [9.17, 15) is 29.3 Å². The third-order valence-electron chi connectivity index (χ3n) is 9.19. The Balaban J connectivity index is 4.28. The van der Waals surface area contributed by atoms with E-state index >= 15 is 0 Å². The lowest BCUT2D eigenvalue weighted by Crippen LogP contribution is -2.29. The Labute approximate surface area is 311 Å². The monoisotopic (exact) mass is 752 g/mol. The summed E-state index contributed by atoms with van der Waals surface area (Å²) in [5, 5.41) is 20.5. The molecule has 0 aliphatic carbocycles. The first kappa shape index (κ1) is 49.9. The second-order valence-electron chi connectivity index (χ2n) is 14.2. The third kappa shape index (κ3) is 34.4. The molecule has 0 spiro atoms. The highest BCUT2D eigenvalue weighted by molar-refractivity contribution is 7.47. The van der Waals surface area contributed by atoms with Crippen LogP contribution in [0.15, 0.2) is 0 Å². The molecule has 0 aliphatic heterocycles. The zero-order valence-corrected chi connectivity index (χ0v) is 33.5. The Morgan fingerprint density at radius 1 is 0.569 bits per heavy atom. The SMILES string of the molecule is CCCCCCCCCCCCCCCC(=O)OC[C@H](COP(=O)(O)OCCN)OC(=O)CCCCCCCC(O)C(O)CCCCCCCC. The third-order valence-corrected chi connectivity index (χ3v) is 10.2. The second-order valence-corrected chi connectivity index (χ2v) is 15.6. The molecular formula is C39H78NO10P. The maximum absolute atomic E-state index is 12.6. The maximum atomic E-state index is 12.6. The van der Waals surface area contributed by atoms with Gasteiger partial charge in [0.1, 0.15) is 6.61 Å². The summed E-state index contributed by atoms with van der Waals surface area (Å²) in [5.41, 5.74) is 5.33. The first-order valence-electron chi connectivity index (χ1n) is 20.7. The average molecular weight is 752 g/mol. The molecule has 0 aromatic carbocycles. The highest BCUT2D eigenvalue weighted by Gasteiger charge is 2.26. The number of aliphatic hydroxyl groups is 2. The van der Waals surface area contributed by atoms with Crippen molar-refractivity contribution in [1.82, 2.24) is 0 Å². The van der Waals surface area contributed by atoms with Gasteiger partial charge in [0.15, 0.2) is 6.10 Å². The minimum Gasteiger partial charge on any atom is -0.462 e. The predicted octanol–water partition coefficient (Wildman–Crippen LogP) is 9.22. The zero-order chi connectivity index (χ0) is 37.8. The van der Waals surface area contributed by atoms with Gasteiger partial charge >= 0.3 is 19.8 Å². The smallest absolute Gasteiger partial charge is 0.462 e. The molecule has 0 aromatic heterocycles. The van der Waals surface area contributed by atoms with Crippen LogP contribution in [0.25, 0.3) is 0 Å². The molecule has 0 amide bonds. The number of hydrogen-bond donors (Lipinski definition) is 4. The van der Waals surface area contributed by atoms with Gasteiger partial charge in [-0.05, 0) is 25.7 Å². The molecule has 0 bridgehead atoms. The van der Waals surface area contributed by atoms with Crippen LogP contribution >= 0.6 is 7.82 Å². The molecule has 51 heavy (non-hydrogen) atoms. The molecule has 0 heterocycles. The van der Waals surface area contributed by atoms with E-state index in [1.54, 1.807) is 0 Å². The van der Waals surface area contributed by atoms with Gasteiger partial charge in [0.05, 0.1) is 25.4 Å². The van der Waals surface area contributed by atoms with Crippen LogP contribution in [-0.4, -0.2) is 71.7 Å². The van der Waals surface area contributed by atoms with E-state index in [2.05, 4.69) is 13.8 Å². The number of ether oxygens (including phenoxy) is 2. The van der Waals surface area contributed by atoms with Crippen molar-refractivity contribution in [3.8, 4) is 0 Å². The molecule has 0 saturated heterocycles. The number of phosphoric acid groups is 1. The molecule has 0 fully saturated rings. The fourth-order valence-corrected chi connectivity index (χ4v) is 6.73. The number of esters is 2. The quantitative estimate of drug-likeness (QED) is 0.0268. The Hall–Kier alpha value is -1.07. The van der Waals surface area contributed by atoms with Gasteiger partial charge in [-0.25, -0.2) is 4.57 Å². The summed E-state index contributed by atoms with van der Waals surface area (Å²) in [7, 11) is -4.40. The molecule has 5 N–H and O–H groups in total. The fraction of sp³-hybridized carbons (Fsp3) is 0.949. The molecule has 11 nitrogen and oxygen atoms in total. The van der Waals surface area contributed by atoms with Crippen LogP contribution in [-0.2, 0) is 32.7 Å². The molecule has 304 valence electrons. The van der Waals surface area contributed by atoms with Crippen molar-refractivity contribution in [3.05, 3.63) is 0 Å². The van der Waals surface area contributed by atoms with Crippen LogP contribution in [0.2, 0.25) is 0 Å². The Morgan fingerprint density at radius 2 is 0.961 bits per heavy atom. The molecule has 0 saturated carbocycles. The second kappa shape index (κ2) is 35.9. The highest BCUT2D eigenvalue weighted by atomic mass is 31.2. The van der Waals surface area contributed by atoms with Crippen molar-refractivity contribution in [2.75, 3.05) is 26.4 Å². The minimum atomic E-state index is -4.40. The van der Waals surface area contributed by atoms with Crippen molar-refractivity contribution in [3.63, 3.8) is 0 Å². The van der Waals surface area contributed by atoms with E-state index in [1.807, 2.05) is 0 Å². The summed E-state index contributed by atoms with van der Waals surface area (Å²) in [5.74, 6) is -0.925. The number of nitrogens with two attached hydrogens (primary N) is 1. The van der Waals surface area contributed by atoms with Crippen molar-refractivity contribution in [2.24, 2.45) is 5.73 Å². The number of hydrogen-bond acceptors (Lipinski definition) is 10. The van der Waals surface area contributed by atoms with Gasteiger partial charge < -0.3 is 30.3 Å². The lowest BCUT2D eigenvalue weighted by Gasteiger charge is -2.20. The lowest BCUT2D eigenvalue weighted by atomic mass is 9.99. The molecule has 0 aliphatic rings. The highest BCUT2D eigenvalue weighted by Crippen LogP contribution is 2.43. The van der Waals surface area contributed by atoms with Gasteiger partial charge in [-0.2, -0.15) is 0 Å². The van der Waals surface area contributed by atoms with Gasteiger partial charge in [0.2, 0.25) is 0 Å². The normalized spacial score (nSPS) is 14.5. The number of phosphoric ester groups is 1. The molecule has 3 unspecified atom stereocenters. The molecule has 0 radical (unpaired) electrons. The summed E-state index contributed by atoms with van der Waals surface area (Å²) in [6.07, 6.45) is 25.7. The number of aliphatic hydroxyl groups excluding tert-OH is 2. The first-order valence-corrected chi connectivity index (χ1v) is 22.2. The van der Waals surface area contributed by atoms with E-state index in [0.29, 0.717) is 25.7 Å². The van der Waals surface area contributed by atoms with Crippen LogP contribution in [0, 0.1) is 0 Å². The molecule has 12 heteroatoms.